The number of fused-ring (bicyclic) bond motifs is 1. The van der Waals surface area contributed by atoms with Crippen molar-refractivity contribution < 1.29 is 9.90 Å². The van der Waals surface area contributed by atoms with Gasteiger partial charge in [0.05, 0.1) is 0 Å². The summed E-state index contributed by atoms with van der Waals surface area (Å²) in [6.07, 6.45) is 4.17. The minimum absolute atomic E-state index is 0.0844. The summed E-state index contributed by atoms with van der Waals surface area (Å²) >= 11 is 0. The van der Waals surface area contributed by atoms with Gasteiger partial charge in [-0.3, -0.25) is 9.59 Å². The summed E-state index contributed by atoms with van der Waals surface area (Å²) in [7, 11) is 0. The SMILES string of the molecule is O=C(O)CN(c1cc2ccccc2c(=O)[nH]1)C1CCCC1. The summed E-state index contributed by atoms with van der Waals surface area (Å²) < 4.78 is 0. The highest BCUT2D eigenvalue weighted by atomic mass is 16.4. The summed E-state index contributed by atoms with van der Waals surface area (Å²) in [5, 5.41) is 10.6. The number of aromatic amines is 1. The van der Waals surface area contributed by atoms with E-state index in [4.69, 9.17) is 5.11 Å². The number of hydrogen-bond donors (Lipinski definition) is 2. The van der Waals surface area contributed by atoms with Crippen molar-refractivity contribution in [2.75, 3.05) is 11.4 Å². The molecule has 1 saturated carbocycles. The Morgan fingerprint density at radius 1 is 1.29 bits per heavy atom. The molecule has 5 nitrogen and oxygen atoms in total. The maximum atomic E-state index is 12.2. The van der Waals surface area contributed by atoms with Crippen LogP contribution in [-0.4, -0.2) is 28.6 Å². The zero-order valence-corrected chi connectivity index (χ0v) is 11.7. The van der Waals surface area contributed by atoms with Crippen LogP contribution in [0.25, 0.3) is 10.8 Å². The van der Waals surface area contributed by atoms with Gasteiger partial charge in [-0.05, 0) is 30.4 Å². The minimum atomic E-state index is -0.879. The number of pyridine rings is 1. The van der Waals surface area contributed by atoms with Crippen LogP contribution in [0.4, 0.5) is 5.82 Å². The van der Waals surface area contributed by atoms with Crippen molar-refractivity contribution in [2.24, 2.45) is 0 Å². The average molecular weight is 286 g/mol. The molecule has 0 saturated heterocycles. The molecule has 5 heteroatoms. The highest BCUT2D eigenvalue weighted by molar-refractivity contribution is 5.84. The van der Waals surface area contributed by atoms with Crippen LogP contribution in [0.1, 0.15) is 25.7 Å². The third-order valence-electron chi connectivity index (χ3n) is 4.12. The van der Waals surface area contributed by atoms with Gasteiger partial charge in [-0.25, -0.2) is 0 Å². The fourth-order valence-electron chi connectivity index (χ4n) is 3.12. The van der Waals surface area contributed by atoms with Gasteiger partial charge < -0.3 is 15.0 Å². The summed E-state index contributed by atoms with van der Waals surface area (Å²) in [6.45, 7) is -0.0844. The summed E-state index contributed by atoms with van der Waals surface area (Å²) in [6, 6.07) is 9.42. The van der Waals surface area contributed by atoms with Gasteiger partial charge >= 0.3 is 5.97 Å². The molecule has 21 heavy (non-hydrogen) atoms. The van der Waals surface area contributed by atoms with E-state index in [1.807, 2.05) is 29.2 Å². The number of H-pyrrole nitrogens is 1. The van der Waals surface area contributed by atoms with Crippen LogP contribution in [-0.2, 0) is 4.79 Å². The van der Waals surface area contributed by atoms with Gasteiger partial charge in [0.2, 0.25) is 0 Å². The van der Waals surface area contributed by atoms with Crippen LogP contribution in [0, 0.1) is 0 Å². The van der Waals surface area contributed by atoms with Crippen molar-refractivity contribution >= 4 is 22.6 Å². The van der Waals surface area contributed by atoms with E-state index in [1.54, 1.807) is 6.07 Å². The van der Waals surface area contributed by atoms with E-state index >= 15 is 0 Å². The number of nitrogens with one attached hydrogen (secondary N) is 1. The highest BCUT2D eigenvalue weighted by Gasteiger charge is 2.25. The molecule has 0 radical (unpaired) electrons. The van der Waals surface area contributed by atoms with E-state index < -0.39 is 5.97 Å². The number of nitrogens with zero attached hydrogens (tertiary/aromatic N) is 1. The number of rotatable bonds is 4. The fraction of sp³-hybridized carbons (Fsp3) is 0.375. The van der Waals surface area contributed by atoms with Gasteiger partial charge in [0.1, 0.15) is 12.4 Å². The van der Waals surface area contributed by atoms with Crippen molar-refractivity contribution in [3.63, 3.8) is 0 Å². The van der Waals surface area contributed by atoms with Gasteiger partial charge in [-0.1, -0.05) is 31.0 Å². The fourth-order valence-corrected chi connectivity index (χ4v) is 3.12. The average Bonchev–Trinajstić information content (AvgIpc) is 2.98. The highest BCUT2D eigenvalue weighted by Crippen LogP contribution is 2.27. The van der Waals surface area contributed by atoms with Crippen LogP contribution < -0.4 is 10.5 Å². The summed E-state index contributed by atoms with van der Waals surface area (Å²) in [4.78, 5) is 28.0. The first-order valence-electron chi connectivity index (χ1n) is 7.25. The molecule has 3 rings (SSSR count). The second-order valence-corrected chi connectivity index (χ2v) is 5.53. The zero-order chi connectivity index (χ0) is 14.8. The molecule has 1 aromatic heterocycles. The van der Waals surface area contributed by atoms with Crippen LogP contribution in [0.2, 0.25) is 0 Å². The first-order valence-corrected chi connectivity index (χ1v) is 7.25. The molecule has 1 aliphatic carbocycles. The quantitative estimate of drug-likeness (QED) is 0.905. The number of carboxylic acids is 1. The maximum absolute atomic E-state index is 12.2. The molecule has 0 unspecified atom stereocenters. The Bertz CT molecular complexity index is 717. The number of benzene rings is 1. The molecule has 1 fully saturated rings. The Labute approximate surface area is 122 Å². The first kappa shape index (κ1) is 13.7. The second kappa shape index (κ2) is 5.60. The molecular weight excluding hydrogens is 268 g/mol. The lowest BCUT2D eigenvalue weighted by Gasteiger charge is -2.29. The van der Waals surface area contributed by atoms with Gasteiger partial charge in [0, 0.05) is 11.4 Å². The predicted molar refractivity (Wildman–Crippen MR) is 81.8 cm³/mol. The monoisotopic (exact) mass is 286 g/mol. The van der Waals surface area contributed by atoms with Crippen LogP contribution >= 0.6 is 0 Å². The molecule has 0 amide bonds. The van der Waals surface area contributed by atoms with Gasteiger partial charge in [-0.15, -0.1) is 0 Å². The predicted octanol–water partition coefficient (Wildman–Crippen LogP) is 2.36. The number of carboxylic acid groups (broad SMARTS) is 1. The lowest BCUT2D eigenvalue weighted by molar-refractivity contribution is -0.135. The van der Waals surface area contributed by atoms with E-state index in [1.165, 1.54) is 0 Å². The molecule has 110 valence electrons. The number of carbonyl (C=O) groups is 1. The Balaban J connectivity index is 2.05. The van der Waals surface area contributed by atoms with E-state index in [0.29, 0.717) is 11.2 Å². The van der Waals surface area contributed by atoms with Crippen LogP contribution in [0.3, 0.4) is 0 Å². The van der Waals surface area contributed by atoms with Crippen molar-refractivity contribution in [1.82, 2.24) is 4.98 Å². The number of hydrogen-bond acceptors (Lipinski definition) is 3. The molecule has 1 aliphatic rings. The van der Waals surface area contributed by atoms with Crippen molar-refractivity contribution in [1.29, 1.82) is 0 Å². The molecule has 1 heterocycles. The van der Waals surface area contributed by atoms with E-state index in [2.05, 4.69) is 4.98 Å². The van der Waals surface area contributed by atoms with E-state index in [0.717, 1.165) is 31.1 Å². The largest absolute Gasteiger partial charge is 0.480 e. The summed E-state index contributed by atoms with van der Waals surface area (Å²) in [5.74, 6) is -0.274. The van der Waals surface area contributed by atoms with E-state index in [-0.39, 0.29) is 18.1 Å². The third kappa shape index (κ3) is 2.77. The van der Waals surface area contributed by atoms with Gasteiger partial charge in [0.15, 0.2) is 0 Å². The third-order valence-corrected chi connectivity index (χ3v) is 4.12. The first-order chi connectivity index (χ1) is 10.1. The molecule has 0 spiro atoms. The van der Waals surface area contributed by atoms with Crippen molar-refractivity contribution in [3.8, 4) is 0 Å². The topological polar surface area (TPSA) is 73.4 Å². The van der Waals surface area contributed by atoms with Crippen LogP contribution in [0.15, 0.2) is 35.1 Å². The lowest BCUT2D eigenvalue weighted by Crippen LogP contribution is -2.39. The number of aliphatic carboxylic acids is 1. The molecule has 2 N–H and O–H groups in total. The Morgan fingerprint density at radius 3 is 2.71 bits per heavy atom. The van der Waals surface area contributed by atoms with Gasteiger partial charge in [-0.2, -0.15) is 0 Å². The van der Waals surface area contributed by atoms with Crippen molar-refractivity contribution in [2.45, 2.75) is 31.7 Å². The van der Waals surface area contributed by atoms with Crippen molar-refractivity contribution in [3.05, 3.63) is 40.7 Å². The molecular formula is C16H18N2O3. The number of aromatic nitrogens is 1. The Kier molecular flexibility index (Phi) is 3.64. The molecule has 2 aromatic rings. The lowest BCUT2D eigenvalue weighted by atomic mass is 10.1. The van der Waals surface area contributed by atoms with Crippen LogP contribution in [0.5, 0.6) is 0 Å². The summed E-state index contributed by atoms with van der Waals surface area (Å²) in [5.41, 5.74) is -0.170. The Morgan fingerprint density at radius 2 is 2.00 bits per heavy atom. The van der Waals surface area contributed by atoms with E-state index in [9.17, 15) is 9.59 Å². The minimum Gasteiger partial charge on any atom is -0.480 e. The molecule has 1 aromatic carbocycles. The Hall–Kier alpha value is -2.30. The molecule has 0 atom stereocenters. The molecule has 0 bridgehead atoms. The van der Waals surface area contributed by atoms with Gasteiger partial charge in [0.25, 0.3) is 5.56 Å². The normalized spacial score (nSPS) is 15.4. The smallest absolute Gasteiger partial charge is 0.323 e. The maximum Gasteiger partial charge on any atom is 0.323 e. The second-order valence-electron chi connectivity index (χ2n) is 5.53. The standard InChI is InChI=1S/C16H18N2O3/c19-15(20)10-18(12-6-2-3-7-12)14-9-11-5-1-4-8-13(11)16(21)17-14/h1,4-5,8-9,12H,2-3,6-7,10H2,(H,17,21)(H,19,20). The number of anilines is 1. The molecule has 0 aliphatic heterocycles. The zero-order valence-electron chi connectivity index (χ0n) is 11.7.